The maximum Gasteiger partial charge on any atom is 0.00671 e. The summed E-state index contributed by atoms with van der Waals surface area (Å²) in [5.41, 5.74) is 0. The fourth-order valence-corrected chi connectivity index (χ4v) is 3.59. The topological polar surface area (TPSA) is 15.3 Å². The largest absolute Gasteiger partial charge is 0.314 e. The first-order chi connectivity index (χ1) is 8.25. The molecule has 2 aliphatic rings. The van der Waals surface area contributed by atoms with Crippen LogP contribution < -0.4 is 5.32 Å². The van der Waals surface area contributed by atoms with Crippen LogP contribution in [0.3, 0.4) is 0 Å². The molecule has 1 heterocycles. The van der Waals surface area contributed by atoms with Crippen LogP contribution in [0.2, 0.25) is 0 Å². The highest BCUT2D eigenvalue weighted by molar-refractivity contribution is 4.79. The average molecular weight is 238 g/mol. The lowest BCUT2D eigenvalue weighted by atomic mass is 9.84. The van der Waals surface area contributed by atoms with E-state index in [1.807, 2.05) is 0 Å². The molecule has 1 unspecified atom stereocenters. The highest BCUT2D eigenvalue weighted by Crippen LogP contribution is 2.26. The van der Waals surface area contributed by atoms with Crippen molar-refractivity contribution in [2.24, 2.45) is 11.8 Å². The van der Waals surface area contributed by atoms with Gasteiger partial charge in [-0.25, -0.2) is 0 Å². The third-order valence-electron chi connectivity index (χ3n) is 4.81. The highest BCUT2D eigenvalue weighted by Gasteiger charge is 2.22. The minimum atomic E-state index is 0.738. The average Bonchev–Trinajstić information content (AvgIpc) is 2.37. The molecule has 1 saturated heterocycles. The van der Waals surface area contributed by atoms with Crippen LogP contribution in [0.15, 0.2) is 0 Å². The van der Waals surface area contributed by atoms with Crippen molar-refractivity contribution in [3.8, 4) is 0 Å². The Balaban J connectivity index is 1.66. The first-order valence-electron chi connectivity index (χ1n) is 7.67. The van der Waals surface area contributed by atoms with Crippen LogP contribution in [-0.2, 0) is 0 Å². The van der Waals surface area contributed by atoms with Gasteiger partial charge in [-0.05, 0) is 64.6 Å². The molecular formula is C15H30N2. The third-order valence-corrected chi connectivity index (χ3v) is 4.81. The standard InChI is InChI=1S/C15H30N2/c1-13(15-8-4-3-5-9-15)16-11-14-7-6-10-17(2)12-14/h13-16H,3-12H2,1-2H3/t13-,14?/m1/s1. The zero-order valence-electron chi connectivity index (χ0n) is 11.8. The van der Waals surface area contributed by atoms with Gasteiger partial charge in [0.15, 0.2) is 0 Å². The predicted octanol–water partition coefficient (Wildman–Crippen LogP) is 2.89. The van der Waals surface area contributed by atoms with Gasteiger partial charge in [0.2, 0.25) is 0 Å². The molecule has 2 fully saturated rings. The first-order valence-corrected chi connectivity index (χ1v) is 7.67. The second-order valence-corrected chi connectivity index (χ2v) is 6.37. The fourth-order valence-electron chi connectivity index (χ4n) is 3.59. The summed E-state index contributed by atoms with van der Waals surface area (Å²) >= 11 is 0. The third kappa shape index (κ3) is 4.26. The van der Waals surface area contributed by atoms with Crippen LogP contribution >= 0.6 is 0 Å². The van der Waals surface area contributed by atoms with Gasteiger partial charge >= 0.3 is 0 Å². The van der Waals surface area contributed by atoms with Gasteiger partial charge in [0, 0.05) is 12.6 Å². The van der Waals surface area contributed by atoms with Crippen LogP contribution in [0.25, 0.3) is 0 Å². The Morgan fingerprint density at radius 1 is 1.12 bits per heavy atom. The van der Waals surface area contributed by atoms with Crippen molar-refractivity contribution in [3.05, 3.63) is 0 Å². The van der Waals surface area contributed by atoms with Gasteiger partial charge in [0.25, 0.3) is 0 Å². The van der Waals surface area contributed by atoms with E-state index in [-0.39, 0.29) is 0 Å². The second kappa shape index (κ2) is 6.75. The summed E-state index contributed by atoms with van der Waals surface area (Å²) in [6.45, 7) is 6.24. The number of nitrogens with zero attached hydrogens (tertiary/aromatic N) is 1. The zero-order chi connectivity index (χ0) is 12.1. The highest BCUT2D eigenvalue weighted by atomic mass is 15.1. The quantitative estimate of drug-likeness (QED) is 0.810. The van der Waals surface area contributed by atoms with Crippen LogP contribution in [0.4, 0.5) is 0 Å². The molecule has 0 aromatic heterocycles. The van der Waals surface area contributed by atoms with Crippen molar-refractivity contribution in [2.45, 2.75) is 57.9 Å². The number of piperidine rings is 1. The molecule has 2 atom stereocenters. The molecule has 1 aliphatic carbocycles. The maximum atomic E-state index is 3.82. The molecule has 2 heteroatoms. The molecule has 1 saturated carbocycles. The van der Waals surface area contributed by atoms with Crippen LogP contribution in [-0.4, -0.2) is 37.6 Å². The minimum Gasteiger partial charge on any atom is -0.314 e. The molecule has 0 aromatic carbocycles. The van der Waals surface area contributed by atoms with Crippen molar-refractivity contribution in [1.82, 2.24) is 10.2 Å². The van der Waals surface area contributed by atoms with E-state index < -0.39 is 0 Å². The lowest BCUT2D eigenvalue weighted by Crippen LogP contribution is -2.42. The van der Waals surface area contributed by atoms with Crippen LogP contribution in [0.1, 0.15) is 51.9 Å². The normalized spacial score (nSPS) is 30.4. The maximum absolute atomic E-state index is 3.82. The SMILES string of the molecule is C[C@@H](NCC1CCCN(C)C1)C1CCCCC1. The second-order valence-electron chi connectivity index (χ2n) is 6.37. The molecule has 0 radical (unpaired) electrons. The Hall–Kier alpha value is -0.0800. The smallest absolute Gasteiger partial charge is 0.00671 e. The molecule has 17 heavy (non-hydrogen) atoms. The van der Waals surface area contributed by atoms with E-state index >= 15 is 0 Å². The number of hydrogen-bond acceptors (Lipinski definition) is 2. The van der Waals surface area contributed by atoms with Crippen molar-refractivity contribution in [2.75, 3.05) is 26.7 Å². The van der Waals surface area contributed by atoms with E-state index in [0.717, 1.165) is 17.9 Å². The molecule has 2 nitrogen and oxygen atoms in total. The molecule has 1 N–H and O–H groups in total. The monoisotopic (exact) mass is 238 g/mol. The van der Waals surface area contributed by atoms with Gasteiger partial charge < -0.3 is 10.2 Å². The van der Waals surface area contributed by atoms with Gasteiger partial charge in [-0.15, -0.1) is 0 Å². The lowest BCUT2D eigenvalue weighted by Gasteiger charge is -2.33. The first kappa shape index (κ1) is 13.4. The minimum absolute atomic E-state index is 0.738. The van der Waals surface area contributed by atoms with Gasteiger partial charge in [0.1, 0.15) is 0 Å². The lowest BCUT2D eigenvalue weighted by molar-refractivity contribution is 0.193. The number of nitrogens with one attached hydrogen (secondary N) is 1. The zero-order valence-corrected chi connectivity index (χ0v) is 11.8. The molecule has 0 amide bonds. The van der Waals surface area contributed by atoms with E-state index in [4.69, 9.17) is 0 Å². The molecular weight excluding hydrogens is 208 g/mol. The van der Waals surface area contributed by atoms with E-state index in [2.05, 4.69) is 24.2 Å². The summed E-state index contributed by atoms with van der Waals surface area (Å²) in [5.74, 6) is 1.84. The van der Waals surface area contributed by atoms with Gasteiger partial charge in [-0.1, -0.05) is 19.3 Å². The molecule has 0 aromatic rings. The van der Waals surface area contributed by atoms with E-state index in [1.165, 1.54) is 64.6 Å². The molecule has 0 spiro atoms. The van der Waals surface area contributed by atoms with E-state index in [1.54, 1.807) is 0 Å². The summed E-state index contributed by atoms with van der Waals surface area (Å²) in [5, 5.41) is 3.82. The van der Waals surface area contributed by atoms with E-state index in [9.17, 15) is 0 Å². The fraction of sp³-hybridized carbons (Fsp3) is 1.00. The Bertz CT molecular complexity index is 211. The summed E-state index contributed by atoms with van der Waals surface area (Å²) in [6.07, 6.45) is 10.1. The Morgan fingerprint density at radius 3 is 2.59 bits per heavy atom. The van der Waals surface area contributed by atoms with Crippen molar-refractivity contribution < 1.29 is 0 Å². The van der Waals surface area contributed by atoms with Crippen molar-refractivity contribution in [1.29, 1.82) is 0 Å². The number of rotatable bonds is 4. The van der Waals surface area contributed by atoms with Crippen LogP contribution in [0, 0.1) is 11.8 Å². The molecule has 0 bridgehead atoms. The number of likely N-dealkylation sites (tertiary alicyclic amines) is 1. The summed E-state index contributed by atoms with van der Waals surface area (Å²) < 4.78 is 0. The molecule has 100 valence electrons. The summed E-state index contributed by atoms with van der Waals surface area (Å²) in [7, 11) is 2.26. The number of hydrogen-bond donors (Lipinski definition) is 1. The van der Waals surface area contributed by atoms with Crippen molar-refractivity contribution in [3.63, 3.8) is 0 Å². The Morgan fingerprint density at radius 2 is 1.88 bits per heavy atom. The predicted molar refractivity (Wildman–Crippen MR) is 74.3 cm³/mol. The van der Waals surface area contributed by atoms with Crippen LogP contribution in [0.5, 0.6) is 0 Å². The summed E-state index contributed by atoms with van der Waals surface area (Å²) in [6, 6.07) is 0.738. The molecule has 2 rings (SSSR count). The Labute approximate surface area is 107 Å². The van der Waals surface area contributed by atoms with Crippen molar-refractivity contribution >= 4 is 0 Å². The van der Waals surface area contributed by atoms with Gasteiger partial charge in [0.05, 0.1) is 0 Å². The molecule has 1 aliphatic heterocycles. The van der Waals surface area contributed by atoms with Gasteiger partial charge in [-0.3, -0.25) is 0 Å². The van der Waals surface area contributed by atoms with E-state index in [0.29, 0.717) is 0 Å². The van der Waals surface area contributed by atoms with Gasteiger partial charge in [-0.2, -0.15) is 0 Å². The summed E-state index contributed by atoms with van der Waals surface area (Å²) in [4.78, 5) is 2.49. The Kier molecular flexibility index (Phi) is 5.30.